The molecule has 2 fully saturated rings. The maximum Gasteiger partial charge on any atom is 0.218 e. The van der Waals surface area contributed by atoms with Crippen LogP contribution in [0.5, 0.6) is 5.88 Å². The minimum absolute atomic E-state index is 0. The van der Waals surface area contributed by atoms with Gasteiger partial charge in [0.05, 0.1) is 6.54 Å². The molecule has 0 unspecified atom stereocenters. The molecular weight excluding hydrogens is 403 g/mol. The van der Waals surface area contributed by atoms with Crippen LogP contribution in [-0.4, -0.2) is 23.6 Å². The molecule has 2 saturated carbocycles. The van der Waals surface area contributed by atoms with Gasteiger partial charge in [-0.05, 0) is 50.5 Å². The number of guanidine groups is 1. The van der Waals surface area contributed by atoms with Crippen molar-refractivity contribution in [2.75, 3.05) is 6.54 Å². The Morgan fingerprint density at radius 3 is 2.74 bits per heavy atom. The van der Waals surface area contributed by atoms with Crippen LogP contribution in [0.2, 0.25) is 0 Å². The molecule has 0 saturated heterocycles. The highest BCUT2D eigenvalue weighted by Gasteiger charge is 2.19. The number of nitrogens with one attached hydrogen (secondary N) is 1. The van der Waals surface area contributed by atoms with E-state index in [4.69, 9.17) is 10.5 Å². The van der Waals surface area contributed by atoms with Gasteiger partial charge < -0.3 is 15.8 Å². The number of nitrogens with two attached hydrogens (primary N) is 1. The van der Waals surface area contributed by atoms with E-state index in [1.807, 2.05) is 12.1 Å². The minimum Gasteiger partial charge on any atom is -0.474 e. The standard InChI is InChI=1S/C17H26N4O.HI/c18-17(20-11-13-5-3-6-13)21-12-14-7-4-10-19-16(14)22-15-8-1-2-9-15;/h4,7,10,13,15H,1-3,5-6,8-9,11-12H2,(H3,18,20,21);1H. The molecule has 3 N–H and O–H groups in total. The van der Waals surface area contributed by atoms with Gasteiger partial charge in [0.1, 0.15) is 6.10 Å². The van der Waals surface area contributed by atoms with Crippen molar-refractivity contribution in [2.45, 2.75) is 57.6 Å². The third-order valence-corrected chi connectivity index (χ3v) is 4.65. The largest absolute Gasteiger partial charge is 0.474 e. The molecule has 1 aromatic heterocycles. The molecule has 0 aliphatic heterocycles. The molecule has 0 spiro atoms. The van der Waals surface area contributed by atoms with Gasteiger partial charge in [-0.15, -0.1) is 24.0 Å². The van der Waals surface area contributed by atoms with Gasteiger partial charge in [0.25, 0.3) is 0 Å². The Morgan fingerprint density at radius 2 is 2.04 bits per heavy atom. The van der Waals surface area contributed by atoms with Crippen LogP contribution in [-0.2, 0) is 6.54 Å². The average molecular weight is 430 g/mol. The van der Waals surface area contributed by atoms with E-state index < -0.39 is 0 Å². The summed E-state index contributed by atoms with van der Waals surface area (Å²) in [7, 11) is 0. The first-order chi connectivity index (χ1) is 10.8. The van der Waals surface area contributed by atoms with Crippen LogP contribution in [0.4, 0.5) is 0 Å². The van der Waals surface area contributed by atoms with Crippen LogP contribution >= 0.6 is 24.0 Å². The van der Waals surface area contributed by atoms with E-state index in [0.29, 0.717) is 24.5 Å². The normalized spacial score (nSPS) is 19.0. The number of halogens is 1. The van der Waals surface area contributed by atoms with E-state index in [1.54, 1.807) is 6.20 Å². The number of pyridine rings is 1. The van der Waals surface area contributed by atoms with E-state index in [1.165, 1.54) is 32.1 Å². The topological polar surface area (TPSA) is 72.5 Å². The van der Waals surface area contributed by atoms with Crippen molar-refractivity contribution < 1.29 is 4.74 Å². The number of hydrogen-bond acceptors (Lipinski definition) is 3. The molecule has 0 aromatic carbocycles. The molecule has 0 atom stereocenters. The Balaban J connectivity index is 0.00000192. The summed E-state index contributed by atoms with van der Waals surface area (Å²) >= 11 is 0. The van der Waals surface area contributed by atoms with E-state index in [2.05, 4.69) is 15.3 Å². The molecule has 2 aliphatic rings. The van der Waals surface area contributed by atoms with E-state index in [0.717, 1.165) is 30.9 Å². The predicted octanol–water partition coefficient (Wildman–Crippen LogP) is 3.23. The van der Waals surface area contributed by atoms with Gasteiger partial charge in [0.2, 0.25) is 5.88 Å². The van der Waals surface area contributed by atoms with Crippen LogP contribution in [0.25, 0.3) is 0 Å². The quantitative estimate of drug-likeness (QED) is 0.413. The van der Waals surface area contributed by atoms with Crippen molar-refractivity contribution in [2.24, 2.45) is 16.6 Å². The second kappa shape index (κ2) is 9.30. The highest BCUT2D eigenvalue weighted by molar-refractivity contribution is 14.0. The first kappa shape index (κ1) is 18.3. The third-order valence-electron chi connectivity index (χ3n) is 4.65. The highest BCUT2D eigenvalue weighted by Crippen LogP contribution is 2.26. The number of rotatable bonds is 6. The molecule has 5 nitrogen and oxygen atoms in total. The lowest BCUT2D eigenvalue weighted by atomic mass is 9.85. The third kappa shape index (κ3) is 5.51. The van der Waals surface area contributed by atoms with E-state index in [-0.39, 0.29) is 24.0 Å². The predicted molar refractivity (Wildman–Crippen MR) is 103 cm³/mol. The van der Waals surface area contributed by atoms with Crippen LogP contribution in [0.15, 0.2) is 23.3 Å². The summed E-state index contributed by atoms with van der Waals surface area (Å²) in [5.41, 5.74) is 6.94. The summed E-state index contributed by atoms with van der Waals surface area (Å²) in [5, 5.41) is 3.21. The zero-order valence-corrected chi connectivity index (χ0v) is 15.9. The number of ether oxygens (including phenoxy) is 1. The van der Waals surface area contributed by atoms with Gasteiger partial charge in [-0.2, -0.15) is 0 Å². The number of hydrogen-bond donors (Lipinski definition) is 2. The molecule has 128 valence electrons. The molecular formula is C17H27IN4O. The van der Waals surface area contributed by atoms with Crippen LogP contribution in [0, 0.1) is 5.92 Å². The summed E-state index contributed by atoms with van der Waals surface area (Å²) in [5.74, 6) is 2.00. The number of nitrogens with zero attached hydrogens (tertiary/aromatic N) is 2. The van der Waals surface area contributed by atoms with Gasteiger partial charge >= 0.3 is 0 Å². The Hall–Kier alpha value is -1.05. The molecule has 23 heavy (non-hydrogen) atoms. The van der Waals surface area contributed by atoms with Gasteiger partial charge in [-0.1, -0.05) is 12.5 Å². The lowest BCUT2D eigenvalue weighted by Crippen LogP contribution is -2.37. The van der Waals surface area contributed by atoms with Gasteiger partial charge in [0.15, 0.2) is 5.96 Å². The van der Waals surface area contributed by atoms with Gasteiger partial charge in [-0.25, -0.2) is 9.98 Å². The van der Waals surface area contributed by atoms with Gasteiger partial charge in [-0.3, -0.25) is 0 Å². The van der Waals surface area contributed by atoms with E-state index >= 15 is 0 Å². The van der Waals surface area contributed by atoms with Crippen molar-refractivity contribution >= 4 is 29.9 Å². The molecule has 3 rings (SSSR count). The summed E-state index contributed by atoms with van der Waals surface area (Å²) < 4.78 is 6.02. The fraction of sp³-hybridized carbons (Fsp3) is 0.647. The zero-order valence-electron chi connectivity index (χ0n) is 13.5. The molecule has 1 heterocycles. The highest BCUT2D eigenvalue weighted by atomic mass is 127. The summed E-state index contributed by atoms with van der Waals surface area (Å²) in [6.07, 6.45) is 10.8. The average Bonchev–Trinajstić information content (AvgIpc) is 2.98. The summed E-state index contributed by atoms with van der Waals surface area (Å²) in [6, 6.07) is 3.93. The Bertz CT molecular complexity index is 513. The molecule has 0 bridgehead atoms. The van der Waals surface area contributed by atoms with Gasteiger partial charge in [0, 0.05) is 18.3 Å². The smallest absolute Gasteiger partial charge is 0.218 e. The van der Waals surface area contributed by atoms with Crippen LogP contribution in [0.3, 0.4) is 0 Å². The van der Waals surface area contributed by atoms with Crippen molar-refractivity contribution in [1.29, 1.82) is 0 Å². The molecule has 0 amide bonds. The Kier molecular flexibility index (Phi) is 7.39. The summed E-state index contributed by atoms with van der Waals surface area (Å²) in [6.45, 7) is 1.45. The fourth-order valence-electron chi connectivity index (χ4n) is 2.99. The van der Waals surface area contributed by atoms with Crippen molar-refractivity contribution in [3.63, 3.8) is 0 Å². The Labute approximate surface area is 155 Å². The summed E-state index contributed by atoms with van der Waals surface area (Å²) in [4.78, 5) is 8.79. The fourth-order valence-corrected chi connectivity index (χ4v) is 2.99. The van der Waals surface area contributed by atoms with Crippen LogP contribution in [0.1, 0.15) is 50.5 Å². The maximum absolute atomic E-state index is 6.02. The molecule has 1 aromatic rings. The lowest BCUT2D eigenvalue weighted by molar-refractivity contribution is 0.199. The number of aromatic nitrogens is 1. The van der Waals surface area contributed by atoms with E-state index in [9.17, 15) is 0 Å². The second-order valence-corrected chi connectivity index (χ2v) is 6.37. The first-order valence-electron chi connectivity index (χ1n) is 8.45. The van der Waals surface area contributed by atoms with Crippen molar-refractivity contribution in [1.82, 2.24) is 10.3 Å². The minimum atomic E-state index is 0. The Morgan fingerprint density at radius 1 is 1.26 bits per heavy atom. The lowest BCUT2D eigenvalue weighted by Gasteiger charge is -2.25. The molecule has 0 radical (unpaired) electrons. The first-order valence-corrected chi connectivity index (χ1v) is 8.45. The number of aliphatic imine (C=N–C) groups is 1. The SMILES string of the molecule is I.NC(=NCc1cccnc1OC1CCCC1)NCC1CCC1. The zero-order chi connectivity index (χ0) is 15.2. The second-order valence-electron chi connectivity index (χ2n) is 6.37. The van der Waals surface area contributed by atoms with Crippen molar-refractivity contribution in [3.8, 4) is 5.88 Å². The molecule has 6 heteroatoms. The van der Waals surface area contributed by atoms with Crippen molar-refractivity contribution in [3.05, 3.63) is 23.9 Å². The monoisotopic (exact) mass is 430 g/mol. The maximum atomic E-state index is 6.02. The van der Waals surface area contributed by atoms with Crippen LogP contribution < -0.4 is 15.8 Å². The molecule has 2 aliphatic carbocycles.